The highest BCUT2D eigenvalue weighted by Crippen LogP contribution is 2.58. The van der Waals surface area contributed by atoms with Crippen LogP contribution in [-0.4, -0.2) is 57.6 Å². The first-order valence-corrected chi connectivity index (χ1v) is 10.9. The number of ether oxygens (including phenoxy) is 3. The summed E-state index contributed by atoms with van der Waals surface area (Å²) >= 11 is 0. The normalized spacial score (nSPS) is 36.0. The molecule has 0 spiro atoms. The standard InChI is InChI=1S/C18H28O8S/c1-5-18(3,4)17(20)24-7-6-23-13(19)9-25-14-11-8-12-15(14)26-27(21,22)16(12)10(11)2/h10-12,14-16H,5-9H2,1-4H3. The quantitative estimate of drug-likeness (QED) is 0.338. The maximum atomic E-state index is 12.1. The lowest BCUT2D eigenvalue weighted by Gasteiger charge is -2.29. The van der Waals surface area contributed by atoms with Gasteiger partial charge in [0.1, 0.15) is 25.9 Å². The van der Waals surface area contributed by atoms with Crippen molar-refractivity contribution in [2.24, 2.45) is 23.2 Å². The first-order valence-electron chi connectivity index (χ1n) is 9.45. The average molecular weight is 404 g/mol. The highest BCUT2D eigenvalue weighted by molar-refractivity contribution is 7.87. The number of carbonyl (C=O) groups excluding carboxylic acids is 2. The van der Waals surface area contributed by atoms with Crippen LogP contribution in [0.5, 0.6) is 0 Å². The van der Waals surface area contributed by atoms with Gasteiger partial charge in [-0.05, 0) is 38.5 Å². The highest BCUT2D eigenvalue weighted by atomic mass is 32.2. The van der Waals surface area contributed by atoms with E-state index in [0.717, 1.165) is 6.42 Å². The van der Waals surface area contributed by atoms with E-state index in [1.807, 2.05) is 13.8 Å². The van der Waals surface area contributed by atoms with E-state index in [-0.39, 0.29) is 43.5 Å². The van der Waals surface area contributed by atoms with Gasteiger partial charge in [0, 0.05) is 5.92 Å². The zero-order chi connectivity index (χ0) is 20.0. The van der Waals surface area contributed by atoms with E-state index < -0.39 is 39.0 Å². The van der Waals surface area contributed by atoms with Crippen molar-refractivity contribution in [3.05, 3.63) is 0 Å². The van der Waals surface area contributed by atoms with Gasteiger partial charge in [-0.25, -0.2) is 4.79 Å². The van der Waals surface area contributed by atoms with Gasteiger partial charge < -0.3 is 14.2 Å². The van der Waals surface area contributed by atoms with E-state index in [1.165, 1.54) is 0 Å². The van der Waals surface area contributed by atoms with Crippen LogP contribution in [0.1, 0.15) is 40.5 Å². The third-order valence-corrected chi connectivity index (χ3v) is 8.25. The third kappa shape index (κ3) is 3.73. The number of fused-ring (bicyclic) bond motifs is 1. The average Bonchev–Trinajstić information content (AvgIpc) is 3.18. The number of hydrogen-bond donors (Lipinski definition) is 0. The van der Waals surface area contributed by atoms with Crippen molar-refractivity contribution >= 4 is 22.1 Å². The smallest absolute Gasteiger partial charge is 0.332 e. The second-order valence-corrected chi connectivity index (χ2v) is 10.0. The Kier molecular flexibility index (Phi) is 5.58. The number of esters is 2. The fourth-order valence-electron chi connectivity index (χ4n) is 4.41. The summed E-state index contributed by atoms with van der Waals surface area (Å²) < 4.78 is 45.2. The summed E-state index contributed by atoms with van der Waals surface area (Å²) in [6.45, 7) is 7.06. The van der Waals surface area contributed by atoms with Gasteiger partial charge in [0.15, 0.2) is 0 Å². The number of carbonyl (C=O) groups is 2. The maximum Gasteiger partial charge on any atom is 0.332 e. The molecule has 27 heavy (non-hydrogen) atoms. The van der Waals surface area contributed by atoms with Crippen molar-refractivity contribution in [1.82, 2.24) is 0 Å². The van der Waals surface area contributed by atoms with Gasteiger partial charge in [0.2, 0.25) is 0 Å². The molecule has 154 valence electrons. The first kappa shape index (κ1) is 20.5. The van der Waals surface area contributed by atoms with Crippen molar-refractivity contribution < 1.29 is 36.4 Å². The van der Waals surface area contributed by atoms with E-state index >= 15 is 0 Å². The molecule has 2 bridgehead atoms. The van der Waals surface area contributed by atoms with E-state index in [1.54, 1.807) is 13.8 Å². The fourth-order valence-corrected chi connectivity index (χ4v) is 6.53. The zero-order valence-electron chi connectivity index (χ0n) is 16.2. The molecule has 2 aliphatic carbocycles. The second kappa shape index (κ2) is 7.33. The van der Waals surface area contributed by atoms with E-state index in [9.17, 15) is 18.0 Å². The molecule has 0 aromatic rings. The van der Waals surface area contributed by atoms with Gasteiger partial charge in [-0.2, -0.15) is 8.42 Å². The molecule has 0 amide bonds. The Morgan fingerprint density at radius 2 is 1.81 bits per heavy atom. The monoisotopic (exact) mass is 404 g/mol. The Balaban J connectivity index is 1.40. The topological polar surface area (TPSA) is 105 Å². The van der Waals surface area contributed by atoms with Crippen LogP contribution in [0.4, 0.5) is 0 Å². The predicted octanol–water partition coefficient (Wildman–Crippen LogP) is 1.28. The van der Waals surface area contributed by atoms with Crippen molar-refractivity contribution in [3.8, 4) is 0 Å². The van der Waals surface area contributed by atoms with Crippen molar-refractivity contribution in [1.29, 1.82) is 0 Å². The van der Waals surface area contributed by atoms with Crippen LogP contribution in [0.15, 0.2) is 0 Å². The molecule has 0 aromatic heterocycles. The molecule has 3 aliphatic rings. The van der Waals surface area contributed by atoms with Gasteiger partial charge >= 0.3 is 11.9 Å². The fraction of sp³-hybridized carbons (Fsp3) is 0.889. The summed E-state index contributed by atoms with van der Waals surface area (Å²) in [5, 5.41) is -0.443. The van der Waals surface area contributed by atoms with Gasteiger partial charge in [-0.3, -0.25) is 8.98 Å². The Bertz CT molecular complexity index is 700. The molecule has 2 saturated carbocycles. The van der Waals surface area contributed by atoms with Gasteiger partial charge in [-0.15, -0.1) is 0 Å². The molecule has 3 rings (SSSR count). The SMILES string of the molecule is CCC(C)(C)C(=O)OCCOC(=O)COC1C2CC3C1OS(=O)(=O)C3C2C. The van der Waals surface area contributed by atoms with Gasteiger partial charge in [-0.1, -0.05) is 13.8 Å². The van der Waals surface area contributed by atoms with Crippen LogP contribution < -0.4 is 0 Å². The number of hydrogen-bond acceptors (Lipinski definition) is 8. The minimum absolute atomic E-state index is 0.00910. The van der Waals surface area contributed by atoms with Crippen LogP contribution in [0, 0.1) is 23.2 Å². The summed E-state index contributed by atoms with van der Waals surface area (Å²) in [5.41, 5.74) is -0.564. The lowest BCUT2D eigenvalue weighted by Crippen LogP contribution is -2.41. The van der Waals surface area contributed by atoms with Crippen molar-refractivity contribution in [2.75, 3.05) is 19.8 Å². The van der Waals surface area contributed by atoms with E-state index in [0.29, 0.717) is 6.42 Å². The minimum Gasteiger partial charge on any atom is -0.462 e. The summed E-state index contributed by atoms with van der Waals surface area (Å²) in [6.07, 6.45) is 0.500. The van der Waals surface area contributed by atoms with Crippen LogP contribution in [0.2, 0.25) is 0 Å². The molecule has 6 unspecified atom stereocenters. The Hall–Kier alpha value is -1.19. The molecule has 0 N–H and O–H groups in total. The summed E-state index contributed by atoms with van der Waals surface area (Å²) in [5.74, 6) is -0.915. The molecular formula is C18H28O8S. The van der Waals surface area contributed by atoms with Crippen molar-refractivity contribution in [3.63, 3.8) is 0 Å². The Morgan fingerprint density at radius 3 is 2.48 bits per heavy atom. The minimum atomic E-state index is -3.54. The number of rotatable bonds is 8. The Morgan fingerprint density at radius 1 is 1.15 bits per heavy atom. The van der Waals surface area contributed by atoms with Crippen LogP contribution >= 0.6 is 0 Å². The molecule has 1 saturated heterocycles. The molecule has 0 radical (unpaired) electrons. The maximum absolute atomic E-state index is 12.1. The zero-order valence-corrected chi connectivity index (χ0v) is 17.0. The molecule has 9 heteroatoms. The largest absolute Gasteiger partial charge is 0.462 e. The third-order valence-electron chi connectivity index (χ3n) is 6.32. The molecular weight excluding hydrogens is 376 g/mol. The second-order valence-electron chi connectivity index (χ2n) is 8.31. The predicted molar refractivity (Wildman–Crippen MR) is 94.1 cm³/mol. The van der Waals surface area contributed by atoms with Gasteiger partial charge in [0.05, 0.1) is 16.8 Å². The summed E-state index contributed by atoms with van der Waals surface area (Å²) in [4.78, 5) is 23.7. The molecule has 1 aliphatic heterocycles. The van der Waals surface area contributed by atoms with Crippen molar-refractivity contribution in [2.45, 2.75) is 58.0 Å². The lowest BCUT2D eigenvalue weighted by molar-refractivity contribution is -0.163. The van der Waals surface area contributed by atoms with E-state index in [4.69, 9.17) is 18.4 Å². The van der Waals surface area contributed by atoms with Gasteiger partial charge in [0.25, 0.3) is 10.1 Å². The molecule has 3 fully saturated rings. The lowest BCUT2D eigenvalue weighted by atomic mass is 9.86. The van der Waals surface area contributed by atoms with Crippen LogP contribution in [0.25, 0.3) is 0 Å². The first-order chi connectivity index (χ1) is 12.6. The summed E-state index contributed by atoms with van der Waals surface area (Å²) in [6, 6.07) is 0. The molecule has 8 nitrogen and oxygen atoms in total. The summed E-state index contributed by atoms with van der Waals surface area (Å²) in [7, 11) is -3.54. The van der Waals surface area contributed by atoms with Crippen LogP contribution in [0.3, 0.4) is 0 Å². The highest BCUT2D eigenvalue weighted by Gasteiger charge is 2.67. The van der Waals surface area contributed by atoms with E-state index in [2.05, 4.69) is 0 Å². The molecule has 1 heterocycles. The Labute approximate surface area is 160 Å². The van der Waals surface area contributed by atoms with Crippen LogP contribution in [-0.2, 0) is 38.1 Å². The molecule has 6 atom stereocenters. The molecule has 0 aromatic carbocycles.